The number of aromatic nitrogens is 1. The van der Waals surface area contributed by atoms with Crippen LogP contribution in [-0.4, -0.2) is 17.5 Å². The van der Waals surface area contributed by atoms with E-state index in [2.05, 4.69) is 22.4 Å². The van der Waals surface area contributed by atoms with Crippen molar-refractivity contribution in [3.05, 3.63) is 75.2 Å². The van der Waals surface area contributed by atoms with E-state index >= 15 is 0 Å². The summed E-state index contributed by atoms with van der Waals surface area (Å²) in [6.07, 6.45) is 2.55. The number of benzene rings is 2. The summed E-state index contributed by atoms with van der Waals surface area (Å²) in [6.45, 7) is -0.173. The van der Waals surface area contributed by atoms with Crippen LogP contribution in [0.3, 0.4) is 0 Å². The van der Waals surface area contributed by atoms with Gasteiger partial charge in [-0.05, 0) is 17.7 Å². The summed E-state index contributed by atoms with van der Waals surface area (Å²) >= 11 is 13.4. The Bertz CT molecular complexity index is 869. The van der Waals surface area contributed by atoms with E-state index in [9.17, 15) is 4.79 Å². The molecule has 0 fully saturated rings. The molecule has 0 aliphatic rings. The van der Waals surface area contributed by atoms with Crippen LogP contribution in [-0.2, 0) is 11.2 Å². The topological polar surface area (TPSA) is 51.2 Å². The van der Waals surface area contributed by atoms with E-state index in [1.165, 1.54) is 16.9 Å². The minimum Gasteiger partial charge on any atom is -0.482 e. The van der Waals surface area contributed by atoms with Gasteiger partial charge in [0.2, 0.25) is 0 Å². The monoisotopic (exact) mass is 392 g/mol. The minimum absolute atomic E-state index is 0.173. The molecule has 128 valence electrons. The molecule has 1 amide bonds. The first-order valence-electron chi connectivity index (χ1n) is 7.47. The lowest BCUT2D eigenvalue weighted by Crippen LogP contribution is -2.20. The molecule has 0 bridgehead atoms. The van der Waals surface area contributed by atoms with Crippen LogP contribution in [0.2, 0.25) is 10.0 Å². The highest BCUT2D eigenvalue weighted by Gasteiger charge is 2.10. The number of nitrogens with zero attached hydrogens (tertiary/aromatic N) is 1. The first-order chi connectivity index (χ1) is 12.1. The molecule has 0 aliphatic carbocycles. The fourth-order valence-electron chi connectivity index (χ4n) is 2.14. The van der Waals surface area contributed by atoms with Gasteiger partial charge < -0.3 is 4.74 Å². The highest BCUT2D eigenvalue weighted by Crippen LogP contribution is 2.31. The molecular weight excluding hydrogens is 379 g/mol. The molecule has 0 aliphatic heterocycles. The Labute approximate surface area is 159 Å². The van der Waals surface area contributed by atoms with Crippen LogP contribution in [0.25, 0.3) is 0 Å². The summed E-state index contributed by atoms with van der Waals surface area (Å²) in [6, 6.07) is 15.1. The smallest absolute Gasteiger partial charge is 0.264 e. The molecule has 3 aromatic rings. The van der Waals surface area contributed by atoms with Crippen LogP contribution < -0.4 is 10.1 Å². The van der Waals surface area contributed by atoms with Gasteiger partial charge in [0.25, 0.3) is 5.91 Å². The third-order valence-electron chi connectivity index (χ3n) is 3.30. The number of carbonyl (C=O) groups is 1. The summed E-state index contributed by atoms with van der Waals surface area (Å²) in [5, 5.41) is 3.93. The van der Waals surface area contributed by atoms with E-state index in [1.807, 2.05) is 18.2 Å². The van der Waals surface area contributed by atoms with Gasteiger partial charge in [-0.2, -0.15) is 0 Å². The lowest BCUT2D eigenvalue weighted by atomic mass is 10.1. The van der Waals surface area contributed by atoms with Crippen LogP contribution in [0.4, 0.5) is 5.13 Å². The fraction of sp³-hybridized carbons (Fsp3) is 0.111. The molecule has 2 aromatic carbocycles. The number of nitrogens with one attached hydrogen (secondary N) is 1. The molecule has 0 saturated carbocycles. The molecular formula is C18H14Cl2N2O2S. The average molecular weight is 393 g/mol. The summed E-state index contributed by atoms with van der Waals surface area (Å²) < 4.78 is 5.40. The SMILES string of the molecule is O=C(COc1cccc(Cl)c1Cl)Nc1ncc(Cc2ccccc2)s1. The zero-order valence-corrected chi connectivity index (χ0v) is 15.4. The van der Waals surface area contributed by atoms with Crippen LogP contribution >= 0.6 is 34.5 Å². The van der Waals surface area contributed by atoms with Crippen LogP contribution in [0, 0.1) is 0 Å². The van der Waals surface area contributed by atoms with E-state index in [4.69, 9.17) is 27.9 Å². The molecule has 0 atom stereocenters. The molecule has 0 unspecified atom stereocenters. The maximum Gasteiger partial charge on any atom is 0.264 e. The van der Waals surface area contributed by atoms with Crippen molar-refractivity contribution in [3.8, 4) is 5.75 Å². The predicted octanol–water partition coefficient (Wildman–Crippen LogP) is 5.06. The van der Waals surface area contributed by atoms with Crippen molar-refractivity contribution in [2.75, 3.05) is 11.9 Å². The molecule has 25 heavy (non-hydrogen) atoms. The van der Waals surface area contributed by atoms with Gasteiger partial charge in [0, 0.05) is 17.5 Å². The zero-order valence-electron chi connectivity index (χ0n) is 13.0. The van der Waals surface area contributed by atoms with Crippen molar-refractivity contribution in [3.63, 3.8) is 0 Å². The lowest BCUT2D eigenvalue weighted by molar-refractivity contribution is -0.118. The number of carbonyl (C=O) groups excluding carboxylic acids is 1. The van der Waals surface area contributed by atoms with Crippen LogP contribution in [0.5, 0.6) is 5.75 Å². The van der Waals surface area contributed by atoms with Gasteiger partial charge >= 0.3 is 0 Å². The van der Waals surface area contributed by atoms with Crippen molar-refractivity contribution in [2.24, 2.45) is 0 Å². The molecule has 1 heterocycles. The number of rotatable bonds is 6. The summed E-state index contributed by atoms with van der Waals surface area (Å²) in [7, 11) is 0. The van der Waals surface area contributed by atoms with Gasteiger partial charge in [-0.25, -0.2) is 4.98 Å². The number of halogens is 2. The van der Waals surface area contributed by atoms with Crippen molar-refractivity contribution in [2.45, 2.75) is 6.42 Å². The number of anilines is 1. The number of hydrogen-bond donors (Lipinski definition) is 1. The highest BCUT2D eigenvalue weighted by atomic mass is 35.5. The van der Waals surface area contributed by atoms with Gasteiger partial charge in [0.1, 0.15) is 10.8 Å². The first-order valence-corrected chi connectivity index (χ1v) is 9.04. The second-order valence-corrected chi connectivity index (χ2v) is 7.08. The Kier molecular flexibility index (Phi) is 5.91. The predicted molar refractivity (Wildman–Crippen MR) is 102 cm³/mol. The molecule has 0 radical (unpaired) electrons. The van der Waals surface area contributed by atoms with E-state index in [-0.39, 0.29) is 17.5 Å². The largest absolute Gasteiger partial charge is 0.482 e. The van der Waals surface area contributed by atoms with E-state index in [1.54, 1.807) is 24.4 Å². The van der Waals surface area contributed by atoms with Gasteiger partial charge in [-0.15, -0.1) is 11.3 Å². The average Bonchev–Trinajstić information content (AvgIpc) is 3.04. The summed E-state index contributed by atoms with van der Waals surface area (Å²) in [4.78, 5) is 17.3. The molecule has 0 saturated heterocycles. The maximum absolute atomic E-state index is 12.0. The Morgan fingerprint density at radius 2 is 1.92 bits per heavy atom. The second-order valence-electron chi connectivity index (χ2n) is 5.18. The molecule has 0 spiro atoms. The maximum atomic E-state index is 12.0. The Morgan fingerprint density at radius 1 is 1.12 bits per heavy atom. The van der Waals surface area contributed by atoms with Gasteiger partial charge in [-0.1, -0.05) is 59.6 Å². The third kappa shape index (κ3) is 4.95. The normalized spacial score (nSPS) is 10.5. The van der Waals surface area contributed by atoms with E-state index in [0.717, 1.165) is 11.3 Å². The number of hydrogen-bond acceptors (Lipinski definition) is 4. The van der Waals surface area contributed by atoms with Crippen LogP contribution in [0.1, 0.15) is 10.4 Å². The second kappa shape index (κ2) is 8.34. The fourth-order valence-corrected chi connectivity index (χ4v) is 3.35. The highest BCUT2D eigenvalue weighted by molar-refractivity contribution is 7.15. The van der Waals surface area contributed by atoms with Gasteiger partial charge in [0.15, 0.2) is 11.7 Å². The summed E-state index contributed by atoms with van der Waals surface area (Å²) in [5.74, 6) is 0.0601. The van der Waals surface area contributed by atoms with Crippen LogP contribution in [0.15, 0.2) is 54.7 Å². The molecule has 4 nitrogen and oxygen atoms in total. The lowest BCUT2D eigenvalue weighted by Gasteiger charge is -2.08. The standard InChI is InChI=1S/C18H14Cl2N2O2S/c19-14-7-4-8-15(17(14)20)24-11-16(23)22-18-21-10-13(25-18)9-12-5-2-1-3-6-12/h1-8,10H,9,11H2,(H,21,22,23). The van der Waals surface area contributed by atoms with E-state index < -0.39 is 0 Å². The minimum atomic E-state index is -0.309. The van der Waals surface area contributed by atoms with Crippen molar-refractivity contribution in [1.29, 1.82) is 0 Å². The molecule has 7 heteroatoms. The molecule has 3 rings (SSSR count). The molecule has 1 N–H and O–H groups in total. The first kappa shape index (κ1) is 17.7. The van der Waals surface area contributed by atoms with Gasteiger partial charge in [0.05, 0.1) is 5.02 Å². The van der Waals surface area contributed by atoms with E-state index in [0.29, 0.717) is 15.9 Å². The quantitative estimate of drug-likeness (QED) is 0.637. The number of amides is 1. The van der Waals surface area contributed by atoms with Crippen molar-refractivity contribution >= 4 is 45.6 Å². The van der Waals surface area contributed by atoms with Gasteiger partial charge in [-0.3, -0.25) is 10.1 Å². The van der Waals surface area contributed by atoms with Crippen molar-refractivity contribution in [1.82, 2.24) is 4.98 Å². The summed E-state index contributed by atoms with van der Waals surface area (Å²) in [5.41, 5.74) is 1.20. The Hall–Kier alpha value is -2.08. The number of thiazole rings is 1. The number of ether oxygens (including phenoxy) is 1. The Morgan fingerprint density at radius 3 is 2.72 bits per heavy atom. The Balaban J connectivity index is 1.54. The molecule has 1 aromatic heterocycles. The van der Waals surface area contributed by atoms with Crippen molar-refractivity contribution < 1.29 is 9.53 Å². The zero-order chi connectivity index (χ0) is 17.6. The third-order valence-corrected chi connectivity index (χ3v) is 5.01.